The largest absolute Gasteiger partial charge is 0.495 e. The summed E-state index contributed by atoms with van der Waals surface area (Å²) >= 11 is 0. The van der Waals surface area contributed by atoms with Crippen LogP contribution in [0.3, 0.4) is 0 Å². The van der Waals surface area contributed by atoms with Gasteiger partial charge in [0.25, 0.3) is 0 Å². The lowest BCUT2D eigenvalue weighted by Crippen LogP contribution is -2.44. The molecule has 0 bridgehead atoms. The summed E-state index contributed by atoms with van der Waals surface area (Å²) in [5.74, 6) is 0.969. The fourth-order valence-corrected chi connectivity index (χ4v) is 3.50. The first-order chi connectivity index (χ1) is 10.7. The minimum atomic E-state index is -0.331. The minimum absolute atomic E-state index is 0.153. The van der Waals surface area contributed by atoms with Crippen LogP contribution in [0, 0.1) is 6.92 Å². The molecule has 0 radical (unpaired) electrons. The summed E-state index contributed by atoms with van der Waals surface area (Å²) in [4.78, 5) is 0. The van der Waals surface area contributed by atoms with Crippen LogP contribution in [0.5, 0.6) is 5.75 Å². The van der Waals surface area contributed by atoms with Crippen LogP contribution in [0.25, 0.3) is 5.47 Å². The molecule has 0 aromatic heterocycles. The maximum absolute atomic E-state index is 6.34. The molecule has 0 unspecified atom stereocenters. The smallest absolute Gasteiger partial charge is 0.483 e. The summed E-state index contributed by atoms with van der Waals surface area (Å²) in [5.41, 5.74) is 2.65. The third kappa shape index (κ3) is 2.26. The third-order valence-electron chi connectivity index (χ3n) is 5.89. The van der Waals surface area contributed by atoms with Crippen molar-refractivity contribution in [3.05, 3.63) is 35.4 Å². The van der Waals surface area contributed by atoms with Gasteiger partial charge in [-0.1, -0.05) is 12.1 Å². The van der Waals surface area contributed by atoms with Gasteiger partial charge < -0.3 is 14.0 Å². The maximum atomic E-state index is 6.34. The van der Waals surface area contributed by atoms with Crippen LogP contribution in [-0.4, -0.2) is 23.9 Å². The molecule has 4 rings (SSSR count). The molecule has 0 atom stereocenters. The Kier molecular flexibility index (Phi) is 3.08. The van der Waals surface area contributed by atoms with Gasteiger partial charge in [-0.2, -0.15) is 0 Å². The molecule has 2 aliphatic heterocycles. The molecule has 122 valence electrons. The highest BCUT2D eigenvalue weighted by Crippen LogP contribution is 2.49. The molecular formula is C19H25BO3. The van der Waals surface area contributed by atoms with Gasteiger partial charge in [-0.05, 0) is 77.1 Å². The molecular weight excluding hydrogens is 287 g/mol. The van der Waals surface area contributed by atoms with Crippen molar-refractivity contribution in [2.45, 2.75) is 70.7 Å². The Morgan fingerprint density at radius 1 is 1.00 bits per heavy atom. The van der Waals surface area contributed by atoms with Crippen LogP contribution in [0.15, 0.2) is 24.3 Å². The van der Waals surface area contributed by atoms with Gasteiger partial charge >= 0.3 is 7.12 Å². The summed E-state index contributed by atoms with van der Waals surface area (Å²) in [5, 5.41) is 0. The van der Waals surface area contributed by atoms with Crippen LogP contribution < -0.4 is 4.74 Å². The van der Waals surface area contributed by atoms with E-state index in [0.29, 0.717) is 0 Å². The van der Waals surface area contributed by atoms with Gasteiger partial charge in [-0.15, -0.1) is 0 Å². The van der Waals surface area contributed by atoms with Crippen LogP contribution in [-0.2, 0) is 9.31 Å². The average molecular weight is 312 g/mol. The molecule has 1 aromatic rings. The van der Waals surface area contributed by atoms with Gasteiger partial charge in [0.15, 0.2) is 0 Å². The second-order valence-corrected chi connectivity index (χ2v) is 8.21. The van der Waals surface area contributed by atoms with Gasteiger partial charge in [-0.25, -0.2) is 0 Å². The second-order valence-electron chi connectivity index (χ2n) is 8.21. The van der Waals surface area contributed by atoms with Crippen LogP contribution >= 0.6 is 0 Å². The Morgan fingerprint density at radius 3 is 2.22 bits per heavy atom. The van der Waals surface area contributed by atoms with Crippen molar-refractivity contribution in [2.75, 3.05) is 0 Å². The van der Waals surface area contributed by atoms with E-state index in [1.54, 1.807) is 0 Å². The van der Waals surface area contributed by atoms with Crippen LogP contribution in [0.1, 0.15) is 58.1 Å². The molecule has 3 aliphatic rings. The zero-order valence-corrected chi connectivity index (χ0v) is 14.7. The van der Waals surface area contributed by atoms with E-state index >= 15 is 0 Å². The van der Waals surface area contributed by atoms with Crippen molar-refractivity contribution in [3.8, 4) is 5.75 Å². The second kappa shape index (κ2) is 4.64. The minimum Gasteiger partial charge on any atom is -0.483 e. The number of benzene rings is 1. The average Bonchev–Trinajstić information content (AvgIpc) is 2.64. The third-order valence-corrected chi connectivity index (χ3v) is 5.89. The predicted molar refractivity (Wildman–Crippen MR) is 92.4 cm³/mol. The molecule has 2 fully saturated rings. The summed E-state index contributed by atoms with van der Waals surface area (Å²) in [7, 11) is -0.331. The van der Waals surface area contributed by atoms with Gasteiger partial charge in [0, 0.05) is 5.56 Å². The first-order valence-corrected chi connectivity index (χ1v) is 8.60. The number of hydrogen-bond acceptors (Lipinski definition) is 3. The monoisotopic (exact) mass is 312 g/mol. The lowest BCUT2D eigenvalue weighted by molar-refractivity contribution is 0.00578. The maximum Gasteiger partial charge on any atom is 0.495 e. The van der Waals surface area contributed by atoms with Crippen molar-refractivity contribution in [3.63, 3.8) is 0 Å². The van der Waals surface area contributed by atoms with Crippen molar-refractivity contribution >= 4 is 12.6 Å². The highest BCUT2D eigenvalue weighted by Gasteiger charge is 2.54. The molecule has 4 heteroatoms. The summed E-state index contributed by atoms with van der Waals surface area (Å²) in [6, 6.07) is 6.39. The molecule has 1 aliphatic carbocycles. The lowest BCUT2D eigenvalue weighted by atomic mass is 9.66. The Morgan fingerprint density at radius 2 is 1.65 bits per heavy atom. The molecule has 0 N–H and O–H groups in total. The molecule has 1 aromatic carbocycles. The summed E-state index contributed by atoms with van der Waals surface area (Å²) < 4.78 is 19.0. The summed E-state index contributed by atoms with van der Waals surface area (Å²) in [6.45, 7) is 10.5. The number of hydrogen-bond donors (Lipinski definition) is 0. The van der Waals surface area contributed by atoms with Crippen molar-refractivity contribution < 1.29 is 14.0 Å². The quantitative estimate of drug-likeness (QED) is 0.723. The fraction of sp³-hybridized carbons (Fsp3) is 0.579. The van der Waals surface area contributed by atoms with E-state index in [4.69, 9.17) is 14.0 Å². The molecule has 23 heavy (non-hydrogen) atoms. The molecule has 1 saturated carbocycles. The Bertz CT molecular complexity index is 670. The zero-order valence-electron chi connectivity index (χ0n) is 14.7. The van der Waals surface area contributed by atoms with E-state index in [9.17, 15) is 0 Å². The molecule has 1 saturated heterocycles. The van der Waals surface area contributed by atoms with Gasteiger partial charge in [0.1, 0.15) is 11.4 Å². The first-order valence-electron chi connectivity index (χ1n) is 8.60. The normalized spacial score (nSPS) is 26.3. The van der Waals surface area contributed by atoms with E-state index in [1.165, 1.54) is 12.0 Å². The molecule has 0 amide bonds. The Labute approximate surface area is 139 Å². The zero-order chi connectivity index (χ0) is 16.5. The van der Waals surface area contributed by atoms with Gasteiger partial charge in [0.2, 0.25) is 0 Å². The van der Waals surface area contributed by atoms with E-state index in [0.717, 1.165) is 29.6 Å². The van der Waals surface area contributed by atoms with Gasteiger partial charge in [0.05, 0.1) is 11.2 Å². The van der Waals surface area contributed by atoms with E-state index in [2.05, 4.69) is 58.9 Å². The number of aryl methyl sites for hydroxylation is 1. The summed E-state index contributed by atoms with van der Waals surface area (Å²) in [6.07, 6.45) is 5.62. The lowest BCUT2D eigenvalue weighted by Gasteiger charge is -2.43. The van der Waals surface area contributed by atoms with E-state index in [-0.39, 0.29) is 23.9 Å². The van der Waals surface area contributed by atoms with Gasteiger partial charge in [-0.3, -0.25) is 0 Å². The fourth-order valence-electron chi connectivity index (χ4n) is 3.50. The SMILES string of the molecule is Cc1ccc2c(c1)OC1(C=C2B2OC(C)(C)C(C)(C)O2)CCC1. The van der Waals surface area contributed by atoms with E-state index < -0.39 is 0 Å². The molecule has 2 heterocycles. The van der Waals surface area contributed by atoms with Crippen molar-refractivity contribution in [2.24, 2.45) is 0 Å². The number of fused-ring (bicyclic) bond motifs is 1. The number of ether oxygens (including phenoxy) is 1. The number of rotatable bonds is 1. The Balaban J connectivity index is 1.77. The predicted octanol–water partition coefficient (Wildman–Crippen LogP) is 4.32. The van der Waals surface area contributed by atoms with E-state index in [1.807, 2.05) is 0 Å². The van der Waals surface area contributed by atoms with Crippen molar-refractivity contribution in [1.82, 2.24) is 0 Å². The highest BCUT2D eigenvalue weighted by molar-refractivity contribution is 6.69. The first kappa shape index (κ1) is 15.3. The van der Waals surface area contributed by atoms with Crippen LogP contribution in [0.4, 0.5) is 0 Å². The molecule has 1 spiro atoms. The highest BCUT2D eigenvalue weighted by atomic mass is 16.7. The topological polar surface area (TPSA) is 27.7 Å². The van der Waals surface area contributed by atoms with Crippen molar-refractivity contribution in [1.29, 1.82) is 0 Å². The Hall–Kier alpha value is -1.26. The molecule has 3 nitrogen and oxygen atoms in total. The standard InChI is InChI=1S/C19H25BO3/c1-13-7-8-14-15(20-22-17(2,3)18(4,5)23-20)12-19(9-6-10-19)21-16(14)11-13/h7-8,11-12H,6,9-10H2,1-5H3. The van der Waals surface area contributed by atoms with Crippen LogP contribution in [0.2, 0.25) is 0 Å².